The second kappa shape index (κ2) is 7.92. The van der Waals surface area contributed by atoms with Gasteiger partial charge < -0.3 is 9.64 Å². The molecule has 1 atom stereocenters. The first-order valence-electron chi connectivity index (χ1n) is 5.88. The molecule has 1 aliphatic rings. The number of rotatable bonds is 7. The Balaban J connectivity index is 2.41. The van der Waals surface area contributed by atoms with Crippen LogP contribution in [0.25, 0.3) is 0 Å². The lowest BCUT2D eigenvalue weighted by Gasteiger charge is -2.25. The summed E-state index contributed by atoms with van der Waals surface area (Å²) in [7, 11) is 1.67. The van der Waals surface area contributed by atoms with Gasteiger partial charge in [0.1, 0.15) is 0 Å². The average molecular weight is 246 g/mol. The Morgan fingerprint density at radius 2 is 2.38 bits per heavy atom. The number of amides is 1. The minimum absolute atomic E-state index is 0.0127. The van der Waals surface area contributed by atoms with E-state index in [1.165, 1.54) is 0 Å². The van der Waals surface area contributed by atoms with Gasteiger partial charge in [0.25, 0.3) is 0 Å². The second-order valence-corrected chi connectivity index (χ2v) is 4.97. The van der Waals surface area contributed by atoms with Gasteiger partial charge in [-0.3, -0.25) is 10.1 Å². The number of hydrogen-bond donors (Lipinski definition) is 1. The van der Waals surface area contributed by atoms with Crippen molar-refractivity contribution in [3.8, 4) is 0 Å². The van der Waals surface area contributed by atoms with Crippen LogP contribution in [0.1, 0.15) is 19.8 Å². The third-order valence-corrected chi connectivity index (χ3v) is 3.61. The molecule has 0 aromatic rings. The summed E-state index contributed by atoms with van der Waals surface area (Å²) < 4.78 is 5.05. The van der Waals surface area contributed by atoms with Crippen LogP contribution in [-0.4, -0.2) is 55.3 Å². The molecular formula is C11H22N2O2S. The number of ether oxygens (including phenoxy) is 1. The van der Waals surface area contributed by atoms with Crippen molar-refractivity contribution in [3.05, 3.63) is 0 Å². The van der Waals surface area contributed by atoms with Crippen molar-refractivity contribution in [3.63, 3.8) is 0 Å². The summed E-state index contributed by atoms with van der Waals surface area (Å²) in [6, 6.07) is 0.0127. The van der Waals surface area contributed by atoms with Crippen molar-refractivity contribution in [1.29, 1.82) is 0 Å². The number of nitrogens with zero attached hydrogens (tertiary/aromatic N) is 1. The molecule has 1 rings (SSSR count). The normalized spacial score (nSPS) is 20.0. The first-order valence-corrected chi connectivity index (χ1v) is 7.04. The topological polar surface area (TPSA) is 41.6 Å². The molecule has 1 N–H and O–H groups in total. The Morgan fingerprint density at radius 3 is 2.94 bits per heavy atom. The maximum atomic E-state index is 12.2. The van der Waals surface area contributed by atoms with Crippen molar-refractivity contribution in [2.24, 2.45) is 0 Å². The van der Waals surface area contributed by atoms with Gasteiger partial charge >= 0.3 is 0 Å². The van der Waals surface area contributed by atoms with Gasteiger partial charge in [-0.1, -0.05) is 13.3 Å². The van der Waals surface area contributed by atoms with Crippen LogP contribution in [0, 0.1) is 0 Å². The zero-order chi connectivity index (χ0) is 11.8. The van der Waals surface area contributed by atoms with E-state index < -0.39 is 0 Å². The molecule has 5 heteroatoms. The van der Waals surface area contributed by atoms with Crippen LogP contribution in [0.2, 0.25) is 0 Å². The van der Waals surface area contributed by atoms with Crippen LogP contribution in [0.3, 0.4) is 0 Å². The highest BCUT2D eigenvalue weighted by molar-refractivity contribution is 7.99. The van der Waals surface area contributed by atoms with Crippen molar-refractivity contribution >= 4 is 17.7 Å². The fourth-order valence-corrected chi connectivity index (χ4v) is 2.59. The monoisotopic (exact) mass is 246 g/mol. The summed E-state index contributed by atoms with van der Waals surface area (Å²) in [5.41, 5.74) is 0. The van der Waals surface area contributed by atoms with Crippen LogP contribution < -0.4 is 5.32 Å². The van der Waals surface area contributed by atoms with Gasteiger partial charge in [-0.25, -0.2) is 0 Å². The average Bonchev–Trinajstić information content (AvgIpc) is 2.82. The van der Waals surface area contributed by atoms with E-state index in [1.807, 2.05) is 4.90 Å². The van der Waals surface area contributed by atoms with Gasteiger partial charge in [0.15, 0.2) is 0 Å². The molecule has 0 saturated carbocycles. The molecule has 0 aromatic heterocycles. The first-order chi connectivity index (χ1) is 7.79. The molecule has 1 heterocycles. The van der Waals surface area contributed by atoms with Crippen molar-refractivity contribution in [2.45, 2.75) is 25.8 Å². The lowest BCUT2D eigenvalue weighted by atomic mass is 10.2. The van der Waals surface area contributed by atoms with E-state index in [0.29, 0.717) is 13.2 Å². The van der Waals surface area contributed by atoms with Gasteiger partial charge in [0, 0.05) is 31.8 Å². The third kappa shape index (κ3) is 4.31. The highest BCUT2D eigenvalue weighted by Gasteiger charge is 2.26. The highest BCUT2D eigenvalue weighted by Crippen LogP contribution is 2.12. The summed E-state index contributed by atoms with van der Waals surface area (Å²) in [6.45, 7) is 4.32. The highest BCUT2D eigenvalue weighted by atomic mass is 32.2. The zero-order valence-corrected chi connectivity index (χ0v) is 11.0. The summed E-state index contributed by atoms with van der Waals surface area (Å²) in [5.74, 6) is 2.02. The maximum Gasteiger partial charge on any atom is 0.240 e. The molecule has 16 heavy (non-hydrogen) atoms. The Kier molecular flexibility index (Phi) is 6.84. The molecule has 1 aliphatic heterocycles. The molecule has 0 aliphatic carbocycles. The van der Waals surface area contributed by atoms with Gasteiger partial charge in [0.05, 0.1) is 12.6 Å². The summed E-state index contributed by atoms with van der Waals surface area (Å²) in [6.07, 6.45) is 2.18. The van der Waals surface area contributed by atoms with Crippen LogP contribution >= 0.6 is 11.8 Å². The van der Waals surface area contributed by atoms with Crippen molar-refractivity contribution in [1.82, 2.24) is 10.2 Å². The predicted octanol–water partition coefficient (Wildman–Crippen LogP) is 0.924. The molecule has 0 spiro atoms. The van der Waals surface area contributed by atoms with Crippen LogP contribution in [-0.2, 0) is 9.53 Å². The molecule has 1 saturated heterocycles. The van der Waals surface area contributed by atoms with Gasteiger partial charge in [-0.05, 0) is 6.42 Å². The molecular weight excluding hydrogens is 224 g/mol. The largest absolute Gasteiger partial charge is 0.383 e. The maximum absolute atomic E-state index is 12.2. The lowest BCUT2D eigenvalue weighted by molar-refractivity contribution is -0.133. The van der Waals surface area contributed by atoms with Crippen LogP contribution in [0.4, 0.5) is 0 Å². The summed E-state index contributed by atoms with van der Waals surface area (Å²) in [4.78, 5) is 14.1. The Morgan fingerprint density at radius 1 is 1.56 bits per heavy atom. The van der Waals surface area contributed by atoms with Gasteiger partial charge in [0.2, 0.25) is 5.91 Å². The van der Waals surface area contributed by atoms with E-state index in [1.54, 1.807) is 18.9 Å². The minimum atomic E-state index is 0.0127. The molecule has 0 radical (unpaired) electrons. The predicted molar refractivity (Wildman–Crippen MR) is 67.6 cm³/mol. The van der Waals surface area contributed by atoms with Crippen molar-refractivity contribution in [2.75, 3.05) is 38.4 Å². The molecule has 1 unspecified atom stereocenters. The second-order valence-electron chi connectivity index (χ2n) is 3.94. The smallest absolute Gasteiger partial charge is 0.240 e. The fraction of sp³-hybridized carbons (Fsp3) is 0.909. The van der Waals surface area contributed by atoms with Crippen LogP contribution in [0.15, 0.2) is 0 Å². The quantitative estimate of drug-likeness (QED) is 0.725. The minimum Gasteiger partial charge on any atom is -0.383 e. The van der Waals surface area contributed by atoms with Gasteiger partial charge in [-0.2, -0.15) is 0 Å². The molecule has 0 bridgehead atoms. The number of hydrogen-bond acceptors (Lipinski definition) is 4. The molecule has 1 fully saturated rings. The van der Waals surface area contributed by atoms with Gasteiger partial charge in [-0.15, -0.1) is 11.8 Å². The number of methoxy groups -OCH3 is 1. The Bertz CT molecular complexity index is 200. The number of thioether (sulfide) groups is 1. The lowest BCUT2D eigenvalue weighted by Crippen LogP contribution is -2.46. The molecule has 4 nitrogen and oxygen atoms in total. The molecule has 94 valence electrons. The van der Waals surface area contributed by atoms with E-state index in [0.717, 1.165) is 31.0 Å². The van der Waals surface area contributed by atoms with E-state index in [9.17, 15) is 4.79 Å². The Labute approximate surface area is 102 Å². The van der Waals surface area contributed by atoms with E-state index in [-0.39, 0.29) is 11.9 Å². The van der Waals surface area contributed by atoms with E-state index in [4.69, 9.17) is 4.74 Å². The standard InChI is InChI=1S/C11H22N2O2S/c1-3-4-5-13(6-7-15-2)11(14)10-8-16-9-12-10/h10,12H,3-9H2,1-2H3. The number of carbonyl (C=O) groups excluding carboxylic acids is 1. The fourth-order valence-electron chi connectivity index (χ4n) is 1.66. The zero-order valence-electron chi connectivity index (χ0n) is 10.2. The van der Waals surface area contributed by atoms with Crippen molar-refractivity contribution < 1.29 is 9.53 Å². The van der Waals surface area contributed by atoms with Crippen LogP contribution in [0.5, 0.6) is 0 Å². The number of carbonyl (C=O) groups is 1. The number of nitrogens with one attached hydrogen (secondary N) is 1. The first kappa shape index (κ1) is 13.8. The van der Waals surface area contributed by atoms with E-state index >= 15 is 0 Å². The SMILES string of the molecule is CCCCN(CCOC)C(=O)C1CSCN1. The summed E-state index contributed by atoms with van der Waals surface area (Å²) >= 11 is 1.79. The number of unbranched alkanes of at least 4 members (excludes halogenated alkanes) is 1. The summed E-state index contributed by atoms with van der Waals surface area (Å²) in [5, 5.41) is 3.22. The molecule has 0 aromatic carbocycles. The van der Waals surface area contributed by atoms with E-state index in [2.05, 4.69) is 12.2 Å². The Hall–Kier alpha value is -0.260. The third-order valence-electron chi connectivity index (χ3n) is 2.67. The molecule has 1 amide bonds.